The van der Waals surface area contributed by atoms with Crippen LogP contribution in [-0.2, 0) is 0 Å². The van der Waals surface area contributed by atoms with Gasteiger partial charge in [-0.15, -0.1) is 0 Å². The lowest BCUT2D eigenvalue weighted by atomic mass is 10.2. The molecule has 0 aromatic carbocycles. The number of nitrogens with zero attached hydrogens (tertiary/aromatic N) is 3. The number of hydrogen-bond acceptors (Lipinski definition) is 4. The fourth-order valence-electron chi connectivity index (χ4n) is 0.870. The molecular formula is C7H2F3N3O2. The van der Waals surface area contributed by atoms with E-state index in [1.807, 2.05) is 0 Å². The predicted molar refractivity (Wildman–Crippen MR) is 40.5 cm³/mol. The molecule has 8 heteroatoms. The van der Waals surface area contributed by atoms with Crippen LogP contribution in [0.2, 0.25) is 0 Å². The molecule has 78 valence electrons. The smallest absolute Gasteiger partial charge is 0.258 e. The van der Waals surface area contributed by atoms with Crippen molar-refractivity contribution in [3.8, 4) is 6.07 Å². The molecule has 0 aliphatic rings. The van der Waals surface area contributed by atoms with Crippen molar-refractivity contribution < 1.29 is 18.1 Å². The van der Waals surface area contributed by atoms with Crippen molar-refractivity contribution in [1.29, 1.82) is 5.26 Å². The van der Waals surface area contributed by atoms with Crippen LogP contribution in [0, 0.1) is 27.4 Å². The normalized spacial score (nSPS) is 10.1. The third-order valence-corrected chi connectivity index (χ3v) is 1.52. The number of pyridine rings is 1. The standard InChI is InChI=1S/C7H2F3N3O2/c8-6(9)3-1-5(13(14)15)4(2-11)12-7(3)10/h1,6H. The Balaban J connectivity index is 3.45. The number of alkyl halides is 2. The van der Waals surface area contributed by atoms with Gasteiger partial charge in [-0.25, -0.2) is 13.8 Å². The molecule has 0 fully saturated rings. The lowest BCUT2D eigenvalue weighted by Crippen LogP contribution is -2.02. The highest BCUT2D eigenvalue weighted by atomic mass is 19.3. The zero-order valence-electron chi connectivity index (χ0n) is 6.95. The van der Waals surface area contributed by atoms with E-state index in [1.165, 1.54) is 6.07 Å². The van der Waals surface area contributed by atoms with Crippen LogP contribution in [0.5, 0.6) is 0 Å². The maximum Gasteiger partial charge on any atom is 0.306 e. The van der Waals surface area contributed by atoms with E-state index in [4.69, 9.17) is 5.26 Å². The van der Waals surface area contributed by atoms with Crippen molar-refractivity contribution in [1.82, 2.24) is 4.98 Å². The first-order chi connectivity index (χ1) is 6.97. The van der Waals surface area contributed by atoms with Gasteiger partial charge in [-0.2, -0.15) is 9.65 Å². The van der Waals surface area contributed by atoms with E-state index in [1.54, 1.807) is 0 Å². The van der Waals surface area contributed by atoms with Gasteiger partial charge in [0.05, 0.1) is 10.5 Å². The summed E-state index contributed by atoms with van der Waals surface area (Å²) in [6.45, 7) is 0. The van der Waals surface area contributed by atoms with Crippen molar-refractivity contribution in [2.75, 3.05) is 0 Å². The summed E-state index contributed by atoms with van der Waals surface area (Å²) in [6.07, 6.45) is -3.22. The summed E-state index contributed by atoms with van der Waals surface area (Å²) in [5.74, 6) is -1.58. The Bertz CT molecular complexity index is 456. The Morgan fingerprint density at radius 2 is 2.20 bits per heavy atom. The van der Waals surface area contributed by atoms with E-state index in [0.717, 1.165) is 0 Å². The number of aromatic nitrogens is 1. The molecule has 0 spiro atoms. The lowest BCUT2D eigenvalue weighted by molar-refractivity contribution is -0.385. The first kappa shape index (κ1) is 10.9. The summed E-state index contributed by atoms with van der Waals surface area (Å²) in [6, 6.07) is 1.56. The predicted octanol–water partition coefficient (Wildman–Crippen LogP) is 1.94. The van der Waals surface area contributed by atoms with Crippen LogP contribution in [0.4, 0.5) is 18.9 Å². The van der Waals surface area contributed by atoms with E-state index in [2.05, 4.69) is 4.98 Å². The van der Waals surface area contributed by atoms with Crippen molar-refractivity contribution in [2.24, 2.45) is 0 Å². The molecule has 0 saturated heterocycles. The molecule has 1 rings (SSSR count). The minimum absolute atomic E-state index is 0.311. The SMILES string of the molecule is N#Cc1nc(F)c(C(F)F)cc1[N+](=O)[O-]. The third kappa shape index (κ3) is 2.01. The highest BCUT2D eigenvalue weighted by Gasteiger charge is 2.24. The second kappa shape index (κ2) is 3.91. The van der Waals surface area contributed by atoms with Gasteiger partial charge in [0.25, 0.3) is 6.43 Å². The molecule has 0 bridgehead atoms. The number of hydrogen-bond donors (Lipinski definition) is 0. The van der Waals surface area contributed by atoms with Crippen molar-refractivity contribution >= 4 is 5.69 Å². The molecule has 0 atom stereocenters. The molecule has 5 nitrogen and oxygen atoms in total. The van der Waals surface area contributed by atoms with Gasteiger partial charge in [0.15, 0.2) is 0 Å². The van der Waals surface area contributed by atoms with Gasteiger partial charge in [-0.05, 0) is 0 Å². The molecule has 1 heterocycles. The molecule has 1 aromatic rings. The van der Waals surface area contributed by atoms with Crippen LogP contribution in [0.25, 0.3) is 0 Å². The zero-order valence-corrected chi connectivity index (χ0v) is 6.95. The topological polar surface area (TPSA) is 79.8 Å². The lowest BCUT2D eigenvalue weighted by Gasteiger charge is -2.01. The second-order valence-electron chi connectivity index (χ2n) is 2.41. The molecule has 0 radical (unpaired) electrons. The summed E-state index contributed by atoms with van der Waals surface area (Å²) in [7, 11) is 0. The average Bonchev–Trinajstić information content (AvgIpc) is 2.16. The fourth-order valence-corrected chi connectivity index (χ4v) is 0.870. The van der Waals surface area contributed by atoms with Gasteiger partial charge < -0.3 is 0 Å². The van der Waals surface area contributed by atoms with Gasteiger partial charge in [-0.3, -0.25) is 10.1 Å². The van der Waals surface area contributed by atoms with Crippen molar-refractivity contribution in [3.05, 3.63) is 33.4 Å². The molecular weight excluding hydrogens is 215 g/mol. The molecule has 15 heavy (non-hydrogen) atoms. The number of halogens is 3. The van der Waals surface area contributed by atoms with Crippen LogP contribution in [0.1, 0.15) is 17.7 Å². The Labute approximate surface area is 80.9 Å². The number of nitriles is 1. The van der Waals surface area contributed by atoms with Gasteiger partial charge in [0, 0.05) is 6.07 Å². The van der Waals surface area contributed by atoms with Crippen LogP contribution in [0.15, 0.2) is 6.07 Å². The summed E-state index contributed by atoms with van der Waals surface area (Å²) in [5, 5.41) is 18.7. The van der Waals surface area contributed by atoms with E-state index < -0.39 is 34.2 Å². The highest BCUT2D eigenvalue weighted by Crippen LogP contribution is 2.26. The first-order valence-corrected chi connectivity index (χ1v) is 3.50. The van der Waals surface area contributed by atoms with E-state index in [9.17, 15) is 23.3 Å². The number of rotatable bonds is 2. The highest BCUT2D eigenvalue weighted by molar-refractivity contribution is 5.45. The molecule has 0 unspecified atom stereocenters. The first-order valence-electron chi connectivity index (χ1n) is 3.50. The van der Waals surface area contributed by atoms with Gasteiger partial charge >= 0.3 is 5.69 Å². The Kier molecular flexibility index (Phi) is 2.85. The van der Waals surface area contributed by atoms with Crippen LogP contribution < -0.4 is 0 Å². The van der Waals surface area contributed by atoms with Crippen molar-refractivity contribution in [2.45, 2.75) is 6.43 Å². The second-order valence-corrected chi connectivity index (χ2v) is 2.41. The van der Waals surface area contributed by atoms with E-state index in [-0.39, 0.29) is 0 Å². The minimum Gasteiger partial charge on any atom is -0.258 e. The van der Waals surface area contributed by atoms with Crippen LogP contribution in [0.3, 0.4) is 0 Å². The summed E-state index contributed by atoms with van der Waals surface area (Å²) >= 11 is 0. The van der Waals surface area contributed by atoms with Gasteiger partial charge in [0.2, 0.25) is 11.6 Å². The van der Waals surface area contributed by atoms with Crippen LogP contribution >= 0.6 is 0 Å². The quantitative estimate of drug-likeness (QED) is 0.430. The molecule has 0 aliphatic heterocycles. The molecule has 0 aliphatic carbocycles. The summed E-state index contributed by atoms with van der Waals surface area (Å²) in [5.41, 5.74) is -2.96. The summed E-state index contributed by atoms with van der Waals surface area (Å²) in [4.78, 5) is 12.0. The minimum atomic E-state index is -3.22. The Morgan fingerprint density at radius 1 is 1.60 bits per heavy atom. The molecule has 0 N–H and O–H groups in total. The molecule has 0 saturated carbocycles. The van der Waals surface area contributed by atoms with Crippen molar-refractivity contribution in [3.63, 3.8) is 0 Å². The van der Waals surface area contributed by atoms with Gasteiger partial charge in [0.1, 0.15) is 6.07 Å². The monoisotopic (exact) mass is 217 g/mol. The maximum atomic E-state index is 12.8. The van der Waals surface area contributed by atoms with Crippen LogP contribution in [-0.4, -0.2) is 9.91 Å². The maximum absolute atomic E-state index is 12.8. The molecule has 0 amide bonds. The zero-order chi connectivity index (χ0) is 11.6. The third-order valence-electron chi connectivity index (χ3n) is 1.52. The average molecular weight is 217 g/mol. The summed E-state index contributed by atoms with van der Waals surface area (Å²) < 4.78 is 37.0. The Morgan fingerprint density at radius 3 is 2.60 bits per heavy atom. The van der Waals surface area contributed by atoms with Gasteiger partial charge in [-0.1, -0.05) is 0 Å². The largest absolute Gasteiger partial charge is 0.306 e. The van der Waals surface area contributed by atoms with E-state index >= 15 is 0 Å². The number of nitro groups is 1. The fraction of sp³-hybridized carbons (Fsp3) is 0.143. The Hall–Kier alpha value is -2.17. The van der Waals surface area contributed by atoms with E-state index in [0.29, 0.717) is 6.07 Å². The molecule has 1 aromatic heterocycles.